The van der Waals surface area contributed by atoms with Gasteiger partial charge in [-0.25, -0.2) is 0 Å². The van der Waals surface area contributed by atoms with Crippen LogP contribution in [0, 0.1) is 11.3 Å². The Hall–Kier alpha value is -0.570. The molecule has 1 unspecified atom stereocenters. The fraction of sp³-hybridized carbons (Fsp3) is 0.900. The molecule has 0 aromatic rings. The Balaban J connectivity index is 2.63. The van der Waals surface area contributed by atoms with Gasteiger partial charge in [0, 0.05) is 6.54 Å². The molecular weight excluding hydrogens is 166 g/mol. The Morgan fingerprint density at radius 3 is 2.54 bits per heavy atom. The van der Waals surface area contributed by atoms with Crippen LogP contribution in [0.1, 0.15) is 32.6 Å². The highest BCUT2D eigenvalue weighted by atomic mass is 16.5. The Morgan fingerprint density at radius 1 is 1.62 bits per heavy atom. The third kappa shape index (κ3) is 2.21. The summed E-state index contributed by atoms with van der Waals surface area (Å²) in [6, 6.07) is 0. The molecule has 0 aromatic carbocycles. The quantitative estimate of drug-likeness (QED) is 0.657. The van der Waals surface area contributed by atoms with E-state index >= 15 is 0 Å². The summed E-state index contributed by atoms with van der Waals surface area (Å²) < 4.78 is 4.81. The normalized spacial score (nSPS) is 20.8. The van der Waals surface area contributed by atoms with Crippen molar-refractivity contribution in [1.29, 1.82) is 0 Å². The average Bonchev–Trinajstić information content (AvgIpc) is 2.97. The van der Waals surface area contributed by atoms with E-state index in [9.17, 15) is 4.79 Å². The first-order chi connectivity index (χ1) is 6.18. The summed E-state index contributed by atoms with van der Waals surface area (Å²) in [7, 11) is 1.44. The molecule has 1 atom stereocenters. The van der Waals surface area contributed by atoms with Crippen LogP contribution >= 0.6 is 0 Å². The van der Waals surface area contributed by atoms with Gasteiger partial charge in [-0.3, -0.25) is 4.79 Å². The first kappa shape index (κ1) is 10.5. The number of methoxy groups -OCH3 is 1. The molecule has 1 fully saturated rings. The first-order valence-electron chi connectivity index (χ1n) is 4.97. The molecule has 3 heteroatoms. The van der Waals surface area contributed by atoms with Crippen molar-refractivity contribution in [3.8, 4) is 0 Å². The minimum absolute atomic E-state index is 0.135. The zero-order valence-electron chi connectivity index (χ0n) is 8.51. The SMILES string of the molecule is CCC(CN)(CC1CC1)C(=O)OC. The van der Waals surface area contributed by atoms with Crippen LogP contribution in [0.4, 0.5) is 0 Å². The van der Waals surface area contributed by atoms with Gasteiger partial charge in [-0.15, -0.1) is 0 Å². The van der Waals surface area contributed by atoms with Crippen LogP contribution in [0.5, 0.6) is 0 Å². The van der Waals surface area contributed by atoms with Gasteiger partial charge in [-0.05, 0) is 18.8 Å². The van der Waals surface area contributed by atoms with Crippen molar-refractivity contribution in [2.75, 3.05) is 13.7 Å². The maximum absolute atomic E-state index is 11.6. The third-order valence-corrected chi connectivity index (χ3v) is 3.06. The molecule has 0 aromatic heterocycles. The van der Waals surface area contributed by atoms with Gasteiger partial charge < -0.3 is 10.5 Å². The number of carbonyl (C=O) groups excluding carboxylic acids is 1. The summed E-state index contributed by atoms with van der Waals surface area (Å²) in [5, 5.41) is 0. The Bertz CT molecular complexity index is 183. The Morgan fingerprint density at radius 2 is 2.23 bits per heavy atom. The number of hydrogen-bond acceptors (Lipinski definition) is 3. The molecule has 0 spiro atoms. The maximum Gasteiger partial charge on any atom is 0.313 e. The Kier molecular flexibility index (Phi) is 3.31. The molecule has 76 valence electrons. The van der Waals surface area contributed by atoms with Crippen molar-refractivity contribution in [2.45, 2.75) is 32.6 Å². The lowest BCUT2D eigenvalue weighted by atomic mass is 9.80. The Labute approximate surface area is 79.6 Å². The average molecular weight is 185 g/mol. The van der Waals surface area contributed by atoms with E-state index in [0.29, 0.717) is 12.5 Å². The minimum atomic E-state index is -0.407. The van der Waals surface area contributed by atoms with Crippen molar-refractivity contribution in [1.82, 2.24) is 0 Å². The summed E-state index contributed by atoms with van der Waals surface area (Å²) in [6.45, 7) is 2.42. The molecule has 0 saturated heterocycles. The first-order valence-corrected chi connectivity index (χ1v) is 4.97. The van der Waals surface area contributed by atoms with Crippen molar-refractivity contribution >= 4 is 5.97 Å². The zero-order valence-corrected chi connectivity index (χ0v) is 8.51. The molecule has 1 saturated carbocycles. The second-order valence-corrected chi connectivity index (χ2v) is 3.98. The smallest absolute Gasteiger partial charge is 0.313 e. The predicted octanol–water partition coefficient (Wildman–Crippen LogP) is 1.31. The second-order valence-electron chi connectivity index (χ2n) is 3.98. The summed E-state index contributed by atoms with van der Waals surface area (Å²) in [6.07, 6.45) is 4.19. The van der Waals surface area contributed by atoms with E-state index < -0.39 is 5.41 Å². The number of esters is 1. The van der Waals surface area contributed by atoms with E-state index in [1.165, 1.54) is 20.0 Å². The van der Waals surface area contributed by atoms with Gasteiger partial charge in [0.1, 0.15) is 0 Å². The van der Waals surface area contributed by atoms with Gasteiger partial charge in [0.25, 0.3) is 0 Å². The summed E-state index contributed by atoms with van der Waals surface area (Å²) in [5.41, 5.74) is 5.26. The highest BCUT2D eigenvalue weighted by molar-refractivity contribution is 5.77. The van der Waals surface area contributed by atoms with E-state index in [0.717, 1.165) is 12.8 Å². The maximum atomic E-state index is 11.6. The van der Waals surface area contributed by atoms with Crippen LogP contribution < -0.4 is 5.73 Å². The summed E-state index contributed by atoms with van der Waals surface area (Å²) in [5.74, 6) is 0.576. The predicted molar refractivity (Wildman–Crippen MR) is 51.1 cm³/mol. The fourth-order valence-corrected chi connectivity index (χ4v) is 1.77. The van der Waals surface area contributed by atoms with E-state index in [-0.39, 0.29) is 5.97 Å². The number of carbonyl (C=O) groups is 1. The number of hydrogen-bond donors (Lipinski definition) is 1. The van der Waals surface area contributed by atoms with Gasteiger partial charge in [0.05, 0.1) is 12.5 Å². The molecule has 3 nitrogen and oxygen atoms in total. The van der Waals surface area contributed by atoms with E-state index in [2.05, 4.69) is 0 Å². The van der Waals surface area contributed by atoms with Crippen molar-refractivity contribution in [2.24, 2.45) is 17.1 Å². The van der Waals surface area contributed by atoms with Crippen LogP contribution in [-0.2, 0) is 9.53 Å². The van der Waals surface area contributed by atoms with E-state index in [1.54, 1.807) is 0 Å². The molecule has 0 radical (unpaired) electrons. The molecule has 13 heavy (non-hydrogen) atoms. The zero-order chi connectivity index (χ0) is 9.90. The molecule has 0 heterocycles. The minimum Gasteiger partial charge on any atom is -0.469 e. The van der Waals surface area contributed by atoms with Crippen LogP contribution in [0.15, 0.2) is 0 Å². The van der Waals surface area contributed by atoms with Gasteiger partial charge in [-0.2, -0.15) is 0 Å². The second kappa shape index (κ2) is 4.09. The standard InChI is InChI=1S/C10H19NO2/c1-3-10(7-11,9(12)13-2)6-8-4-5-8/h8H,3-7,11H2,1-2H3. The lowest BCUT2D eigenvalue weighted by Gasteiger charge is -2.28. The highest BCUT2D eigenvalue weighted by Crippen LogP contribution is 2.42. The van der Waals surface area contributed by atoms with Gasteiger partial charge in [0.15, 0.2) is 0 Å². The van der Waals surface area contributed by atoms with Crippen LogP contribution in [0.2, 0.25) is 0 Å². The van der Waals surface area contributed by atoms with Gasteiger partial charge in [0.2, 0.25) is 0 Å². The molecule has 2 N–H and O–H groups in total. The van der Waals surface area contributed by atoms with Crippen LogP contribution in [0.3, 0.4) is 0 Å². The molecule has 1 aliphatic rings. The largest absolute Gasteiger partial charge is 0.469 e. The number of rotatable bonds is 5. The molecule has 1 aliphatic carbocycles. The van der Waals surface area contributed by atoms with E-state index in [1.807, 2.05) is 6.92 Å². The lowest BCUT2D eigenvalue weighted by Crippen LogP contribution is -2.39. The van der Waals surface area contributed by atoms with Crippen LogP contribution in [0.25, 0.3) is 0 Å². The molecular formula is C10H19NO2. The van der Waals surface area contributed by atoms with Crippen molar-refractivity contribution in [3.63, 3.8) is 0 Å². The van der Waals surface area contributed by atoms with Gasteiger partial charge in [-0.1, -0.05) is 19.8 Å². The van der Waals surface area contributed by atoms with Gasteiger partial charge >= 0.3 is 5.97 Å². The summed E-state index contributed by atoms with van der Waals surface area (Å²) >= 11 is 0. The molecule has 0 amide bonds. The molecule has 0 bridgehead atoms. The van der Waals surface area contributed by atoms with Crippen molar-refractivity contribution < 1.29 is 9.53 Å². The molecule has 1 rings (SSSR count). The van der Waals surface area contributed by atoms with Crippen molar-refractivity contribution in [3.05, 3.63) is 0 Å². The van der Waals surface area contributed by atoms with Crippen LogP contribution in [-0.4, -0.2) is 19.6 Å². The topological polar surface area (TPSA) is 52.3 Å². The lowest BCUT2D eigenvalue weighted by molar-refractivity contribution is -0.153. The summed E-state index contributed by atoms with van der Waals surface area (Å²) in [4.78, 5) is 11.6. The third-order valence-electron chi connectivity index (χ3n) is 3.06. The number of nitrogens with two attached hydrogens (primary N) is 1. The number of ether oxygens (including phenoxy) is 1. The molecule has 0 aliphatic heterocycles. The highest BCUT2D eigenvalue weighted by Gasteiger charge is 2.41. The monoisotopic (exact) mass is 185 g/mol. The van der Waals surface area contributed by atoms with E-state index in [4.69, 9.17) is 10.5 Å². The fourth-order valence-electron chi connectivity index (χ4n) is 1.77.